The summed E-state index contributed by atoms with van der Waals surface area (Å²) in [6.07, 6.45) is 0. The van der Waals surface area contributed by atoms with Gasteiger partial charge in [-0.25, -0.2) is 4.79 Å². The molecule has 0 atom stereocenters. The van der Waals surface area contributed by atoms with Crippen LogP contribution < -0.4 is 15.6 Å². The molecule has 0 heterocycles. The van der Waals surface area contributed by atoms with E-state index in [1.165, 1.54) is 0 Å². The zero-order valence-corrected chi connectivity index (χ0v) is 12.6. The van der Waals surface area contributed by atoms with Crippen LogP contribution in [-0.4, -0.2) is 18.4 Å². The van der Waals surface area contributed by atoms with Gasteiger partial charge in [0.05, 0.1) is 5.56 Å². The Labute approximate surface area is 129 Å². The fourth-order valence-electron chi connectivity index (χ4n) is 1.87. The maximum atomic E-state index is 11.7. The topological polar surface area (TPSA) is 75.5 Å². The van der Waals surface area contributed by atoms with Gasteiger partial charge in [-0.2, -0.15) is 0 Å². The maximum absolute atomic E-state index is 11.7. The van der Waals surface area contributed by atoms with Gasteiger partial charge in [-0.05, 0) is 37.6 Å². The second kappa shape index (κ2) is 7.26. The summed E-state index contributed by atoms with van der Waals surface area (Å²) < 4.78 is 5.39. The van der Waals surface area contributed by atoms with Gasteiger partial charge in [-0.1, -0.05) is 41.1 Å². The molecule has 0 aliphatic carbocycles. The summed E-state index contributed by atoms with van der Waals surface area (Å²) in [6.45, 7) is 3.67. The first-order chi connectivity index (χ1) is 10.6. The van der Waals surface area contributed by atoms with E-state index >= 15 is 0 Å². The number of para-hydroxylation sites is 1. The summed E-state index contributed by atoms with van der Waals surface area (Å²) in [5, 5.41) is 2.44. The minimum Gasteiger partial charge on any atom is -0.481 e. The smallest absolute Gasteiger partial charge is 0.394 e. The van der Waals surface area contributed by atoms with Crippen LogP contribution in [0.1, 0.15) is 16.7 Å². The number of amidine groups is 1. The largest absolute Gasteiger partial charge is 0.481 e. The normalized spacial score (nSPS) is 11.1. The van der Waals surface area contributed by atoms with E-state index in [0.717, 1.165) is 16.7 Å². The van der Waals surface area contributed by atoms with Crippen LogP contribution in [0.4, 0.5) is 0 Å². The summed E-state index contributed by atoms with van der Waals surface area (Å²) in [4.78, 5) is 16.5. The lowest BCUT2D eigenvalue weighted by atomic mass is 10.1. The summed E-state index contributed by atoms with van der Waals surface area (Å²) in [7, 11) is 0. The minimum atomic E-state index is -0.557. The van der Waals surface area contributed by atoms with Crippen LogP contribution in [-0.2, 0) is 9.63 Å². The predicted molar refractivity (Wildman–Crippen MR) is 83.2 cm³/mol. The highest BCUT2D eigenvalue weighted by molar-refractivity contribution is 5.93. The SMILES string of the molecule is Cc1cccc(C(N)=[NH+]OC(=O)COc2ccccc2C)c1. The van der Waals surface area contributed by atoms with E-state index < -0.39 is 5.97 Å². The number of hydrogen-bond acceptors (Lipinski definition) is 3. The van der Waals surface area contributed by atoms with Crippen LogP contribution in [0.2, 0.25) is 0 Å². The average Bonchev–Trinajstić information content (AvgIpc) is 2.52. The lowest BCUT2D eigenvalue weighted by Gasteiger charge is -2.06. The van der Waals surface area contributed by atoms with Gasteiger partial charge in [0.1, 0.15) is 5.75 Å². The van der Waals surface area contributed by atoms with Gasteiger partial charge >= 0.3 is 11.8 Å². The average molecular weight is 299 g/mol. The summed E-state index contributed by atoms with van der Waals surface area (Å²) >= 11 is 0. The van der Waals surface area contributed by atoms with Crippen molar-refractivity contribution >= 4 is 11.8 Å². The molecule has 0 amide bonds. The van der Waals surface area contributed by atoms with Gasteiger partial charge in [-0.3, -0.25) is 10.6 Å². The van der Waals surface area contributed by atoms with Crippen LogP contribution in [0.25, 0.3) is 0 Å². The third kappa shape index (κ3) is 4.34. The number of benzene rings is 2. The molecule has 22 heavy (non-hydrogen) atoms. The number of carbonyl (C=O) groups is 1. The van der Waals surface area contributed by atoms with E-state index in [2.05, 4.69) is 5.16 Å². The lowest BCUT2D eigenvalue weighted by Crippen LogP contribution is -2.76. The first-order valence-corrected chi connectivity index (χ1v) is 6.90. The number of nitrogens with two attached hydrogens (primary N) is 1. The molecular formula is C17H19N2O3+. The Morgan fingerprint density at radius 1 is 1.14 bits per heavy atom. The predicted octanol–water partition coefficient (Wildman–Crippen LogP) is 0.627. The van der Waals surface area contributed by atoms with Gasteiger partial charge < -0.3 is 4.74 Å². The molecule has 0 aliphatic rings. The molecule has 2 rings (SSSR count). The minimum absolute atomic E-state index is 0.195. The van der Waals surface area contributed by atoms with Crippen molar-refractivity contribution in [2.75, 3.05) is 6.61 Å². The summed E-state index contributed by atoms with van der Waals surface area (Å²) in [5.41, 5.74) is 8.61. The molecule has 0 spiro atoms. The van der Waals surface area contributed by atoms with Crippen molar-refractivity contribution in [3.63, 3.8) is 0 Å². The van der Waals surface area contributed by atoms with Crippen LogP contribution >= 0.6 is 0 Å². The fraction of sp³-hybridized carbons (Fsp3) is 0.176. The van der Waals surface area contributed by atoms with E-state index in [0.29, 0.717) is 5.75 Å². The number of hydrogen-bond donors (Lipinski definition) is 2. The monoisotopic (exact) mass is 299 g/mol. The number of carbonyl (C=O) groups excluding carboxylic acids is 1. The number of ether oxygens (including phenoxy) is 1. The molecule has 0 aromatic heterocycles. The van der Waals surface area contributed by atoms with E-state index in [9.17, 15) is 4.79 Å². The molecule has 0 saturated heterocycles. The molecule has 0 fully saturated rings. The van der Waals surface area contributed by atoms with Gasteiger partial charge in [-0.15, -0.1) is 0 Å². The van der Waals surface area contributed by atoms with Crippen molar-refractivity contribution < 1.29 is 19.5 Å². The fourth-order valence-corrected chi connectivity index (χ4v) is 1.87. The zero-order chi connectivity index (χ0) is 15.9. The lowest BCUT2D eigenvalue weighted by molar-refractivity contribution is -0.724. The molecule has 0 radical (unpaired) electrons. The van der Waals surface area contributed by atoms with Crippen LogP contribution in [0, 0.1) is 13.8 Å². The number of nitrogens with one attached hydrogen (secondary N) is 1. The molecular weight excluding hydrogens is 280 g/mol. The van der Waals surface area contributed by atoms with Crippen molar-refractivity contribution in [1.29, 1.82) is 0 Å². The van der Waals surface area contributed by atoms with E-state index in [1.54, 1.807) is 6.07 Å². The second-order valence-electron chi connectivity index (χ2n) is 4.91. The van der Waals surface area contributed by atoms with Crippen molar-refractivity contribution in [3.8, 4) is 5.75 Å². The van der Waals surface area contributed by atoms with Gasteiger partial charge in [0.25, 0.3) is 0 Å². The molecule has 2 aromatic carbocycles. The van der Waals surface area contributed by atoms with Gasteiger partial charge in [0, 0.05) is 0 Å². The molecule has 5 nitrogen and oxygen atoms in total. The Kier molecular flexibility index (Phi) is 5.14. The summed E-state index contributed by atoms with van der Waals surface area (Å²) in [5.74, 6) is 0.363. The molecule has 0 bridgehead atoms. The Balaban J connectivity index is 1.90. The summed E-state index contributed by atoms with van der Waals surface area (Å²) in [6, 6.07) is 15.0. The molecule has 114 valence electrons. The third-order valence-corrected chi connectivity index (χ3v) is 3.04. The maximum Gasteiger partial charge on any atom is 0.394 e. The zero-order valence-electron chi connectivity index (χ0n) is 12.6. The number of aryl methyl sites for hydroxylation is 2. The van der Waals surface area contributed by atoms with Gasteiger partial charge in [0.15, 0.2) is 6.61 Å². The molecule has 0 saturated carbocycles. The molecule has 5 heteroatoms. The molecule has 3 N–H and O–H groups in total. The third-order valence-electron chi connectivity index (χ3n) is 3.04. The highest BCUT2D eigenvalue weighted by Crippen LogP contribution is 2.15. The first-order valence-electron chi connectivity index (χ1n) is 6.90. The first kappa shape index (κ1) is 15.6. The van der Waals surface area contributed by atoms with Crippen molar-refractivity contribution in [2.24, 2.45) is 5.73 Å². The van der Waals surface area contributed by atoms with Crippen LogP contribution in [0.15, 0.2) is 48.5 Å². The van der Waals surface area contributed by atoms with E-state index in [-0.39, 0.29) is 12.4 Å². The molecule has 2 aromatic rings. The molecule has 0 unspecified atom stereocenters. The number of nitrogen functional groups attached to an aromatic ring is 1. The second-order valence-corrected chi connectivity index (χ2v) is 4.91. The highest BCUT2D eigenvalue weighted by atomic mass is 16.7. The van der Waals surface area contributed by atoms with Gasteiger partial charge in [0.2, 0.25) is 0 Å². The van der Waals surface area contributed by atoms with Crippen LogP contribution in [0.5, 0.6) is 5.75 Å². The highest BCUT2D eigenvalue weighted by Gasteiger charge is 2.10. The van der Waals surface area contributed by atoms with E-state index in [4.69, 9.17) is 15.3 Å². The number of rotatable bonds is 5. The quantitative estimate of drug-likeness (QED) is 0.367. The van der Waals surface area contributed by atoms with Crippen molar-refractivity contribution in [1.82, 2.24) is 0 Å². The Bertz CT molecular complexity index is 696. The Hall–Kier alpha value is -2.82. The molecule has 0 aliphatic heterocycles. The standard InChI is InChI=1S/C17H18N2O3/c1-12-6-5-8-14(10-12)17(18)19-22-16(20)11-21-15-9-4-3-7-13(15)2/h3-10H,11H2,1-2H3,(H2,18,19)/p+1. The van der Waals surface area contributed by atoms with E-state index in [1.807, 2.05) is 56.3 Å². The van der Waals surface area contributed by atoms with Crippen molar-refractivity contribution in [3.05, 3.63) is 65.2 Å². The van der Waals surface area contributed by atoms with Crippen LogP contribution in [0.3, 0.4) is 0 Å². The Morgan fingerprint density at radius 3 is 2.64 bits per heavy atom. The Morgan fingerprint density at radius 2 is 1.91 bits per heavy atom. The van der Waals surface area contributed by atoms with Crippen molar-refractivity contribution in [2.45, 2.75) is 13.8 Å².